The number of nitrogens with one attached hydrogen (secondary N) is 1. The number of phenolic OH excluding ortho intramolecular Hbond substituents is 1. The van der Waals surface area contributed by atoms with Gasteiger partial charge in [0.2, 0.25) is 5.91 Å². The Hall–Kier alpha value is -2.29. The second kappa shape index (κ2) is 7.30. The van der Waals surface area contributed by atoms with Gasteiger partial charge in [-0.05, 0) is 36.1 Å². The summed E-state index contributed by atoms with van der Waals surface area (Å²) in [7, 11) is 0. The zero-order valence-electron chi connectivity index (χ0n) is 15.0. The predicted octanol–water partition coefficient (Wildman–Crippen LogP) is 4.61. The molecule has 1 saturated carbocycles. The number of carbonyl (C=O) groups excluding carboxylic acids is 1. The molecular formula is C22H27NO2. The third-order valence-corrected chi connectivity index (χ3v) is 5.36. The van der Waals surface area contributed by atoms with E-state index in [0.29, 0.717) is 6.04 Å². The summed E-state index contributed by atoms with van der Waals surface area (Å²) in [5, 5.41) is 12.9. The average Bonchev–Trinajstić information content (AvgIpc) is 3.11. The lowest BCUT2D eigenvalue weighted by Crippen LogP contribution is -2.45. The number of carbonyl (C=O) groups is 1. The number of phenols is 1. The maximum atomic E-state index is 13.1. The standard InChI is InChI=1S/C22H27NO2/c1-22(2,21(25)23-18-10-6-7-11-18)20(16-8-4-3-5-9-16)17-12-14-19(24)15-13-17/h3-5,8-9,12-15,18,20,24H,6-7,10-11H2,1-2H3,(H,23,25)/t20-/m1/s1. The van der Waals surface area contributed by atoms with E-state index in [1.54, 1.807) is 12.1 Å². The van der Waals surface area contributed by atoms with E-state index < -0.39 is 5.41 Å². The number of benzene rings is 2. The summed E-state index contributed by atoms with van der Waals surface area (Å²) < 4.78 is 0. The largest absolute Gasteiger partial charge is 0.508 e. The molecule has 0 saturated heterocycles. The van der Waals surface area contributed by atoms with Gasteiger partial charge in [-0.2, -0.15) is 0 Å². The van der Waals surface area contributed by atoms with E-state index in [1.807, 2.05) is 44.2 Å². The lowest BCUT2D eigenvalue weighted by Gasteiger charge is -2.35. The molecule has 1 fully saturated rings. The fourth-order valence-electron chi connectivity index (χ4n) is 3.91. The Morgan fingerprint density at radius 3 is 2.16 bits per heavy atom. The summed E-state index contributed by atoms with van der Waals surface area (Å²) in [5.74, 6) is 0.265. The fourth-order valence-corrected chi connectivity index (χ4v) is 3.91. The monoisotopic (exact) mass is 337 g/mol. The molecule has 1 aliphatic carbocycles. The van der Waals surface area contributed by atoms with Crippen molar-refractivity contribution in [2.24, 2.45) is 5.41 Å². The van der Waals surface area contributed by atoms with Gasteiger partial charge in [0.25, 0.3) is 0 Å². The van der Waals surface area contributed by atoms with Crippen LogP contribution in [0.15, 0.2) is 54.6 Å². The molecule has 1 amide bonds. The average molecular weight is 337 g/mol. The minimum atomic E-state index is -0.596. The highest BCUT2D eigenvalue weighted by atomic mass is 16.3. The Kier molecular flexibility index (Phi) is 5.12. The Balaban J connectivity index is 1.94. The molecule has 1 atom stereocenters. The third kappa shape index (κ3) is 3.87. The third-order valence-electron chi connectivity index (χ3n) is 5.36. The quantitative estimate of drug-likeness (QED) is 0.837. The van der Waals surface area contributed by atoms with Crippen molar-refractivity contribution in [1.82, 2.24) is 5.32 Å². The SMILES string of the molecule is CC(C)(C(=O)NC1CCCC1)[C@H](c1ccccc1)c1ccc(O)cc1. The van der Waals surface area contributed by atoms with Crippen molar-refractivity contribution in [3.8, 4) is 5.75 Å². The van der Waals surface area contributed by atoms with Crippen molar-refractivity contribution in [2.45, 2.75) is 51.5 Å². The lowest BCUT2D eigenvalue weighted by molar-refractivity contribution is -0.130. The van der Waals surface area contributed by atoms with Crippen molar-refractivity contribution in [1.29, 1.82) is 0 Å². The van der Waals surface area contributed by atoms with Gasteiger partial charge in [-0.1, -0.05) is 69.2 Å². The van der Waals surface area contributed by atoms with Crippen molar-refractivity contribution < 1.29 is 9.90 Å². The van der Waals surface area contributed by atoms with Gasteiger partial charge < -0.3 is 10.4 Å². The molecule has 0 aliphatic heterocycles. The first kappa shape index (κ1) is 17.5. The zero-order valence-corrected chi connectivity index (χ0v) is 15.0. The van der Waals surface area contributed by atoms with Crippen molar-refractivity contribution in [3.05, 3.63) is 65.7 Å². The number of hydrogen-bond acceptors (Lipinski definition) is 2. The number of rotatable bonds is 5. The van der Waals surface area contributed by atoms with E-state index >= 15 is 0 Å². The summed E-state index contributed by atoms with van der Waals surface area (Å²) in [4.78, 5) is 13.1. The summed E-state index contributed by atoms with van der Waals surface area (Å²) >= 11 is 0. The summed E-state index contributed by atoms with van der Waals surface area (Å²) in [5.41, 5.74) is 1.55. The van der Waals surface area contributed by atoms with Gasteiger partial charge in [-0.25, -0.2) is 0 Å². The molecular weight excluding hydrogens is 310 g/mol. The van der Waals surface area contributed by atoms with Crippen molar-refractivity contribution in [3.63, 3.8) is 0 Å². The van der Waals surface area contributed by atoms with Crippen LogP contribution in [0, 0.1) is 5.41 Å². The van der Waals surface area contributed by atoms with Crippen LogP contribution in [-0.2, 0) is 4.79 Å². The molecule has 2 N–H and O–H groups in total. The highest BCUT2D eigenvalue weighted by molar-refractivity contribution is 5.84. The van der Waals surface area contributed by atoms with Gasteiger partial charge in [-0.3, -0.25) is 4.79 Å². The van der Waals surface area contributed by atoms with Crippen LogP contribution in [0.2, 0.25) is 0 Å². The zero-order chi connectivity index (χ0) is 17.9. The molecule has 3 nitrogen and oxygen atoms in total. The molecule has 3 rings (SSSR count). The fraction of sp³-hybridized carbons (Fsp3) is 0.409. The maximum Gasteiger partial charge on any atom is 0.226 e. The molecule has 0 bridgehead atoms. The molecule has 2 aromatic rings. The Labute approximate surface area is 150 Å². The van der Waals surface area contributed by atoms with E-state index in [4.69, 9.17) is 0 Å². The van der Waals surface area contributed by atoms with Crippen molar-refractivity contribution >= 4 is 5.91 Å². The normalized spacial score (nSPS) is 16.6. The smallest absolute Gasteiger partial charge is 0.226 e. The van der Waals surface area contributed by atoms with Crippen LogP contribution in [0.25, 0.3) is 0 Å². The van der Waals surface area contributed by atoms with Crippen LogP contribution in [0.5, 0.6) is 5.75 Å². The molecule has 132 valence electrons. The number of hydrogen-bond donors (Lipinski definition) is 2. The van der Waals surface area contributed by atoms with Gasteiger partial charge >= 0.3 is 0 Å². The van der Waals surface area contributed by atoms with Crippen LogP contribution in [0.3, 0.4) is 0 Å². The van der Waals surface area contributed by atoms with Crippen molar-refractivity contribution in [2.75, 3.05) is 0 Å². The van der Waals surface area contributed by atoms with Crippen LogP contribution >= 0.6 is 0 Å². The van der Waals surface area contributed by atoms with Gasteiger partial charge in [0.05, 0.1) is 5.41 Å². The minimum Gasteiger partial charge on any atom is -0.508 e. The molecule has 0 heterocycles. The number of amides is 1. The van der Waals surface area contributed by atoms with Crippen LogP contribution in [0.4, 0.5) is 0 Å². The van der Waals surface area contributed by atoms with E-state index in [-0.39, 0.29) is 17.6 Å². The van der Waals surface area contributed by atoms with E-state index in [0.717, 1.165) is 24.0 Å². The molecule has 2 aromatic carbocycles. The van der Waals surface area contributed by atoms with Gasteiger partial charge in [0.1, 0.15) is 5.75 Å². The second-order valence-electron chi connectivity index (χ2n) is 7.61. The first-order chi connectivity index (χ1) is 12.0. The lowest BCUT2D eigenvalue weighted by atomic mass is 9.70. The molecule has 1 aliphatic rings. The van der Waals surface area contributed by atoms with E-state index in [2.05, 4.69) is 17.4 Å². The summed E-state index contributed by atoms with van der Waals surface area (Å²) in [6.45, 7) is 4.03. The molecule has 25 heavy (non-hydrogen) atoms. The van der Waals surface area contributed by atoms with Crippen LogP contribution < -0.4 is 5.32 Å². The topological polar surface area (TPSA) is 49.3 Å². The molecule has 0 radical (unpaired) electrons. The first-order valence-corrected chi connectivity index (χ1v) is 9.13. The Bertz CT molecular complexity index is 701. The Morgan fingerprint density at radius 2 is 1.56 bits per heavy atom. The van der Waals surface area contributed by atoms with Crippen LogP contribution in [0.1, 0.15) is 56.6 Å². The molecule has 0 spiro atoms. The summed E-state index contributed by atoms with van der Waals surface area (Å²) in [6.07, 6.45) is 4.56. The highest BCUT2D eigenvalue weighted by Crippen LogP contribution is 2.41. The first-order valence-electron chi connectivity index (χ1n) is 9.13. The molecule has 3 heteroatoms. The van der Waals surface area contributed by atoms with Gasteiger partial charge in [-0.15, -0.1) is 0 Å². The predicted molar refractivity (Wildman–Crippen MR) is 101 cm³/mol. The van der Waals surface area contributed by atoms with E-state index in [1.165, 1.54) is 12.8 Å². The van der Waals surface area contributed by atoms with Crippen LogP contribution in [-0.4, -0.2) is 17.1 Å². The molecule has 0 aromatic heterocycles. The maximum absolute atomic E-state index is 13.1. The number of aromatic hydroxyl groups is 1. The second-order valence-corrected chi connectivity index (χ2v) is 7.61. The minimum absolute atomic E-state index is 0.0734. The van der Waals surface area contributed by atoms with Gasteiger partial charge in [0.15, 0.2) is 0 Å². The summed E-state index contributed by atoms with van der Waals surface area (Å²) in [6, 6.07) is 17.7. The highest BCUT2D eigenvalue weighted by Gasteiger charge is 2.39. The Morgan fingerprint density at radius 1 is 1.00 bits per heavy atom. The van der Waals surface area contributed by atoms with E-state index in [9.17, 15) is 9.90 Å². The van der Waals surface area contributed by atoms with Gasteiger partial charge in [0, 0.05) is 12.0 Å². The molecule has 0 unspecified atom stereocenters.